The van der Waals surface area contributed by atoms with E-state index >= 15 is 0 Å². The highest BCUT2D eigenvalue weighted by atomic mass is 16.6. The predicted molar refractivity (Wildman–Crippen MR) is 65.4 cm³/mol. The van der Waals surface area contributed by atoms with E-state index in [1.54, 1.807) is 0 Å². The van der Waals surface area contributed by atoms with E-state index in [4.69, 9.17) is 4.74 Å². The van der Waals surface area contributed by atoms with E-state index in [0.717, 1.165) is 25.9 Å². The van der Waals surface area contributed by atoms with Crippen LogP contribution in [0.2, 0.25) is 0 Å². The number of carbonyl (C=O) groups excluding carboxylic acids is 1. The highest BCUT2D eigenvalue weighted by Crippen LogP contribution is 2.29. The average Bonchev–Trinajstić information content (AvgIpc) is 2.57. The quantitative estimate of drug-likeness (QED) is 0.724. The van der Waals surface area contributed by atoms with Crippen molar-refractivity contribution in [3.8, 4) is 0 Å². The normalized spacial score (nSPS) is 25.9. The molecule has 1 saturated heterocycles. The molecule has 0 bridgehead atoms. The van der Waals surface area contributed by atoms with E-state index in [-0.39, 0.29) is 11.7 Å². The van der Waals surface area contributed by atoms with Crippen molar-refractivity contribution in [2.45, 2.75) is 53.1 Å². The van der Waals surface area contributed by atoms with E-state index < -0.39 is 0 Å². The van der Waals surface area contributed by atoms with Crippen molar-refractivity contribution < 1.29 is 9.53 Å². The predicted octanol–water partition coefficient (Wildman–Crippen LogP) is 3.29. The average molecular weight is 227 g/mol. The van der Waals surface area contributed by atoms with Crippen LogP contribution in [-0.4, -0.2) is 29.7 Å². The van der Waals surface area contributed by atoms with Gasteiger partial charge in [0.05, 0.1) is 0 Å². The third kappa shape index (κ3) is 3.39. The Bertz CT molecular complexity index is 233. The van der Waals surface area contributed by atoms with Crippen LogP contribution in [0.25, 0.3) is 0 Å². The molecule has 2 atom stereocenters. The molecule has 0 aliphatic carbocycles. The number of ether oxygens (including phenoxy) is 1. The van der Waals surface area contributed by atoms with Gasteiger partial charge in [-0.2, -0.15) is 0 Å². The number of carbonyl (C=O) groups is 1. The Kier molecular flexibility index (Phi) is 4.22. The molecule has 0 radical (unpaired) electrons. The van der Waals surface area contributed by atoms with E-state index in [1.165, 1.54) is 0 Å². The standard InChI is InChI=1S/C13H25NO2/c1-6-10-8-14(9-11(10)7-2)12(15)16-13(3,4)5/h10-11H,6-9H2,1-5H3. The van der Waals surface area contributed by atoms with Gasteiger partial charge in [0.25, 0.3) is 0 Å². The van der Waals surface area contributed by atoms with Gasteiger partial charge in [0, 0.05) is 13.1 Å². The summed E-state index contributed by atoms with van der Waals surface area (Å²) in [6, 6.07) is 0. The molecule has 0 spiro atoms. The van der Waals surface area contributed by atoms with E-state index in [2.05, 4.69) is 13.8 Å². The zero-order valence-corrected chi connectivity index (χ0v) is 11.2. The van der Waals surface area contributed by atoms with Crippen LogP contribution >= 0.6 is 0 Å². The SMILES string of the molecule is CCC1CN(C(=O)OC(C)(C)C)CC1CC. The molecule has 1 aliphatic rings. The zero-order valence-electron chi connectivity index (χ0n) is 11.2. The van der Waals surface area contributed by atoms with E-state index in [9.17, 15) is 4.79 Å². The second-order valence-electron chi connectivity index (χ2n) is 5.72. The lowest BCUT2D eigenvalue weighted by atomic mass is 9.92. The van der Waals surface area contributed by atoms with Crippen LogP contribution in [-0.2, 0) is 4.74 Å². The lowest BCUT2D eigenvalue weighted by molar-refractivity contribution is 0.0283. The van der Waals surface area contributed by atoms with Crippen LogP contribution in [0.4, 0.5) is 4.79 Å². The number of hydrogen-bond acceptors (Lipinski definition) is 2. The smallest absolute Gasteiger partial charge is 0.410 e. The Labute approximate surface area is 99.1 Å². The number of nitrogens with zero attached hydrogens (tertiary/aromatic N) is 1. The Morgan fingerprint density at radius 2 is 1.62 bits per heavy atom. The first kappa shape index (κ1) is 13.3. The summed E-state index contributed by atoms with van der Waals surface area (Å²) in [4.78, 5) is 13.8. The minimum absolute atomic E-state index is 0.151. The van der Waals surface area contributed by atoms with Crippen LogP contribution in [0.3, 0.4) is 0 Å². The van der Waals surface area contributed by atoms with Gasteiger partial charge in [0.2, 0.25) is 0 Å². The topological polar surface area (TPSA) is 29.5 Å². The van der Waals surface area contributed by atoms with Gasteiger partial charge >= 0.3 is 6.09 Å². The van der Waals surface area contributed by atoms with Gasteiger partial charge in [-0.25, -0.2) is 4.79 Å². The van der Waals surface area contributed by atoms with Crippen molar-refractivity contribution >= 4 is 6.09 Å². The van der Waals surface area contributed by atoms with Crippen molar-refractivity contribution in [3.05, 3.63) is 0 Å². The van der Waals surface area contributed by atoms with Crippen molar-refractivity contribution in [3.63, 3.8) is 0 Å². The second kappa shape index (κ2) is 5.07. The van der Waals surface area contributed by atoms with Gasteiger partial charge in [-0.1, -0.05) is 26.7 Å². The fraction of sp³-hybridized carbons (Fsp3) is 0.923. The molecule has 0 N–H and O–H groups in total. The lowest BCUT2D eigenvalue weighted by Gasteiger charge is -2.24. The summed E-state index contributed by atoms with van der Waals surface area (Å²) in [7, 11) is 0. The molecule has 1 fully saturated rings. The number of rotatable bonds is 2. The third-order valence-corrected chi connectivity index (χ3v) is 3.28. The van der Waals surface area contributed by atoms with Crippen molar-refractivity contribution in [1.82, 2.24) is 4.90 Å². The first-order valence-electron chi connectivity index (χ1n) is 6.35. The van der Waals surface area contributed by atoms with E-state index in [1.807, 2.05) is 25.7 Å². The van der Waals surface area contributed by atoms with Gasteiger partial charge < -0.3 is 9.64 Å². The fourth-order valence-electron chi connectivity index (χ4n) is 2.34. The first-order valence-corrected chi connectivity index (χ1v) is 6.35. The minimum Gasteiger partial charge on any atom is -0.444 e. The molecular weight excluding hydrogens is 202 g/mol. The Balaban J connectivity index is 2.54. The molecule has 0 aromatic rings. The molecule has 2 unspecified atom stereocenters. The van der Waals surface area contributed by atoms with Crippen LogP contribution in [0.5, 0.6) is 0 Å². The summed E-state index contributed by atoms with van der Waals surface area (Å²) in [5.74, 6) is 1.30. The van der Waals surface area contributed by atoms with Crippen molar-refractivity contribution in [1.29, 1.82) is 0 Å². The minimum atomic E-state index is -0.386. The molecule has 16 heavy (non-hydrogen) atoms. The molecule has 0 aromatic carbocycles. The molecule has 3 heteroatoms. The molecule has 0 aromatic heterocycles. The van der Waals surface area contributed by atoms with E-state index in [0.29, 0.717) is 11.8 Å². The summed E-state index contributed by atoms with van der Waals surface area (Å²) in [5, 5.41) is 0. The van der Waals surface area contributed by atoms with Crippen molar-refractivity contribution in [2.24, 2.45) is 11.8 Å². The highest BCUT2D eigenvalue weighted by molar-refractivity contribution is 5.68. The zero-order chi connectivity index (χ0) is 12.3. The summed E-state index contributed by atoms with van der Waals surface area (Å²) < 4.78 is 5.39. The Morgan fingerprint density at radius 1 is 1.19 bits per heavy atom. The molecule has 1 rings (SSSR count). The maximum atomic E-state index is 11.9. The first-order chi connectivity index (χ1) is 7.37. The summed E-state index contributed by atoms with van der Waals surface area (Å²) in [5.41, 5.74) is -0.386. The van der Waals surface area contributed by atoms with Gasteiger partial charge in [0.15, 0.2) is 0 Å². The van der Waals surface area contributed by atoms with Crippen LogP contribution in [0.1, 0.15) is 47.5 Å². The summed E-state index contributed by atoms with van der Waals surface area (Å²) in [6.45, 7) is 11.9. The van der Waals surface area contributed by atoms with Gasteiger partial charge in [-0.05, 0) is 32.6 Å². The molecular formula is C13H25NO2. The number of amides is 1. The summed E-state index contributed by atoms with van der Waals surface area (Å²) >= 11 is 0. The van der Waals surface area contributed by atoms with Crippen LogP contribution in [0.15, 0.2) is 0 Å². The van der Waals surface area contributed by atoms with Crippen LogP contribution in [0, 0.1) is 11.8 Å². The van der Waals surface area contributed by atoms with Gasteiger partial charge in [0.1, 0.15) is 5.60 Å². The molecule has 0 saturated carbocycles. The van der Waals surface area contributed by atoms with Crippen molar-refractivity contribution in [2.75, 3.05) is 13.1 Å². The number of hydrogen-bond donors (Lipinski definition) is 0. The highest BCUT2D eigenvalue weighted by Gasteiger charge is 2.34. The third-order valence-electron chi connectivity index (χ3n) is 3.28. The van der Waals surface area contributed by atoms with Gasteiger partial charge in [-0.3, -0.25) is 0 Å². The van der Waals surface area contributed by atoms with Gasteiger partial charge in [-0.15, -0.1) is 0 Å². The second-order valence-corrected chi connectivity index (χ2v) is 5.72. The maximum absolute atomic E-state index is 11.9. The lowest BCUT2D eigenvalue weighted by Crippen LogP contribution is -2.35. The molecule has 1 heterocycles. The molecule has 94 valence electrons. The van der Waals surface area contributed by atoms with Crippen LogP contribution < -0.4 is 0 Å². The Morgan fingerprint density at radius 3 is 1.94 bits per heavy atom. The number of likely N-dealkylation sites (tertiary alicyclic amines) is 1. The molecule has 3 nitrogen and oxygen atoms in total. The Hall–Kier alpha value is -0.730. The molecule has 1 amide bonds. The largest absolute Gasteiger partial charge is 0.444 e. The fourth-order valence-corrected chi connectivity index (χ4v) is 2.34. The summed E-state index contributed by atoms with van der Waals surface area (Å²) in [6.07, 6.45) is 2.15. The monoisotopic (exact) mass is 227 g/mol. The maximum Gasteiger partial charge on any atom is 0.410 e. The molecule has 1 aliphatic heterocycles.